The molecular formula is C15H14BrN5O2. The van der Waals surface area contributed by atoms with Crippen LogP contribution >= 0.6 is 15.9 Å². The monoisotopic (exact) mass is 375 g/mol. The van der Waals surface area contributed by atoms with Gasteiger partial charge in [0, 0.05) is 19.0 Å². The van der Waals surface area contributed by atoms with Crippen molar-refractivity contribution in [2.75, 3.05) is 5.73 Å². The number of hydrogen-bond donors (Lipinski definition) is 2. The van der Waals surface area contributed by atoms with Crippen LogP contribution in [0.5, 0.6) is 0 Å². The summed E-state index contributed by atoms with van der Waals surface area (Å²) in [7, 11) is 0. The Morgan fingerprint density at radius 2 is 2.35 bits per heavy atom. The van der Waals surface area contributed by atoms with Gasteiger partial charge in [-0.05, 0) is 34.5 Å². The molecule has 1 aliphatic heterocycles. The first-order valence-corrected chi connectivity index (χ1v) is 8.07. The van der Waals surface area contributed by atoms with E-state index in [1.54, 1.807) is 24.4 Å². The first kappa shape index (κ1) is 14.3. The van der Waals surface area contributed by atoms with Crippen LogP contribution in [0, 0.1) is 0 Å². The van der Waals surface area contributed by atoms with Crippen molar-refractivity contribution in [3.63, 3.8) is 0 Å². The lowest BCUT2D eigenvalue weighted by molar-refractivity contribution is 0.0928. The highest BCUT2D eigenvalue weighted by molar-refractivity contribution is 9.10. The average Bonchev–Trinajstić information content (AvgIpc) is 3.09. The summed E-state index contributed by atoms with van der Waals surface area (Å²) in [6, 6.07) is 5.34. The fourth-order valence-corrected chi connectivity index (χ4v) is 3.38. The molecular weight excluding hydrogens is 362 g/mol. The second kappa shape index (κ2) is 5.38. The maximum absolute atomic E-state index is 12.6. The third kappa shape index (κ3) is 2.48. The molecule has 1 unspecified atom stereocenters. The number of anilines is 1. The number of hydrogen-bond acceptors (Lipinski definition) is 5. The third-order valence-corrected chi connectivity index (χ3v) is 4.65. The molecule has 0 spiro atoms. The maximum Gasteiger partial charge on any atom is 0.293 e. The number of rotatable bonds is 2. The molecule has 23 heavy (non-hydrogen) atoms. The zero-order valence-corrected chi connectivity index (χ0v) is 13.7. The Kier molecular flexibility index (Phi) is 3.33. The fraction of sp³-hybridized carbons (Fsp3) is 0.267. The average molecular weight is 376 g/mol. The largest absolute Gasteiger partial charge is 0.423 e. The fourth-order valence-electron chi connectivity index (χ4n) is 2.92. The Morgan fingerprint density at radius 1 is 1.48 bits per heavy atom. The molecule has 118 valence electrons. The zero-order valence-electron chi connectivity index (χ0n) is 12.1. The molecule has 0 bridgehead atoms. The van der Waals surface area contributed by atoms with Crippen LogP contribution in [0.3, 0.4) is 0 Å². The van der Waals surface area contributed by atoms with Crippen LogP contribution in [0.15, 0.2) is 33.4 Å². The number of carbonyl (C=O) groups is 1. The summed E-state index contributed by atoms with van der Waals surface area (Å²) >= 11 is 3.48. The van der Waals surface area contributed by atoms with Crippen LogP contribution in [0.4, 0.5) is 6.01 Å². The van der Waals surface area contributed by atoms with E-state index in [0.29, 0.717) is 23.2 Å². The van der Waals surface area contributed by atoms with E-state index in [0.717, 1.165) is 23.3 Å². The molecule has 0 radical (unpaired) electrons. The smallest absolute Gasteiger partial charge is 0.293 e. The second-order valence-electron chi connectivity index (χ2n) is 5.52. The van der Waals surface area contributed by atoms with Gasteiger partial charge in [0.15, 0.2) is 5.58 Å². The van der Waals surface area contributed by atoms with Crippen LogP contribution in [-0.2, 0) is 13.0 Å². The SMILES string of the molecule is Nc1nc2cccc(C(=O)NC3CCc4ncc(Br)n4C3)c2o1. The molecule has 1 aliphatic rings. The molecule has 3 aromatic rings. The van der Waals surface area contributed by atoms with Crippen molar-refractivity contribution < 1.29 is 9.21 Å². The molecule has 0 fully saturated rings. The molecule has 3 heterocycles. The van der Waals surface area contributed by atoms with Gasteiger partial charge in [-0.25, -0.2) is 4.98 Å². The maximum atomic E-state index is 12.6. The molecule has 1 atom stereocenters. The zero-order chi connectivity index (χ0) is 16.0. The molecule has 7 nitrogen and oxygen atoms in total. The number of imidazole rings is 1. The number of benzene rings is 1. The number of aryl methyl sites for hydroxylation is 1. The van der Waals surface area contributed by atoms with E-state index in [-0.39, 0.29) is 18.0 Å². The lowest BCUT2D eigenvalue weighted by Crippen LogP contribution is -2.41. The summed E-state index contributed by atoms with van der Waals surface area (Å²) in [6.07, 6.45) is 3.47. The first-order valence-electron chi connectivity index (χ1n) is 7.27. The molecule has 1 aromatic carbocycles. The normalized spacial score (nSPS) is 17.2. The highest BCUT2D eigenvalue weighted by Crippen LogP contribution is 2.23. The van der Waals surface area contributed by atoms with Gasteiger partial charge in [0.2, 0.25) is 0 Å². The van der Waals surface area contributed by atoms with Crippen molar-refractivity contribution in [3.8, 4) is 0 Å². The van der Waals surface area contributed by atoms with Crippen LogP contribution < -0.4 is 11.1 Å². The Balaban J connectivity index is 1.57. The van der Waals surface area contributed by atoms with Crippen molar-refractivity contribution >= 4 is 39.0 Å². The van der Waals surface area contributed by atoms with Gasteiger partial charge >= 0.3 is 0 Å². The first-order chi connectivity index (χ1) is 11.1. The van der Waals surface area contributed by atoms with Crippen molar-refractivity contribution in [1.29, 1.82) is 0 Å². The van der Waals surface area contributed by atoms with E-state index in [9.17, 15) is 4.79 Å². The molecule has 0 saturated heterocycles. The summed E-state index contributed by atoms with van der Waals surface area (Å²) in [6.45, 7) is 0.691. The summed E-state index contributed by atoms with van der Waals surface area (Å²) in [5.41, 5.74) is 7.02. The molecule has 3 N–H and O–H groups in total. The molecule has 2 aromatic heterocycles. The minimum absolute atomic E-state index is 0.0380. The predicted molar refractivity (Wildman–Crippen MR) is 87.9 cm³/mol. The molecule has 0 saturated carbocycles. The lowest BCUT2D eigenvalue weighted by Gasteiger charge is -2.25. The Labute approximate surface area is 140 Å². The van der Waals surface area contributed by atoms with E-state index in [2.05, 4.69) is 35.8 Å². The van der Waals surface area contributed by atoms with Crippen molar-refractivity contribution in [2.45, 2.75) is 25.4 Å². The number of halogens is 1. The van der Waals surface area contributed by atoms with Gasteiger partial charge in [-0.2, -0.15) is 4.98 Å². The number of carbonyl (C=O) groups excluding carboxylic acids is 1. The topological polar surface area (TPSA) is 99.0 Å². The Morgan fingerprint density at radius 3 is 3.22 bits per heavy atom. The minimum atomic E-state index is -0.184. The number of para-hydroxylation sites is 1. The number of nitrogens with two attached hydrogens (primary N) is 1. The van der Waals surface area contributed by atoms with E-state index < -0.39 is 0 Å². The van der Waals surface area contributed by atoms with Gasteiger partial charge in [-0.3, -0.25) is 4.79 Å². The number of nitrogens with zero attached hydrogens (tertiary/aromatic N) is 3. The van der Waals surface area contributed by atoms with E-state index in [1.807, 2.05) is 0 Å². The Hall–Kier alpha value is -2.35. The van der Waals surface area contributed by atoms with Crippen LogP contribution in [0.25, 0.3) is 11.1 Å². The summed E-state index contributed by atoms with van der Waals surface area (Å²) < 4.78 is 8.35. The van der Waals surface area contributed by atoms with Gasteiger partial charge in [-0.15, -0.1) is 0 Å². The van der Waals surface area contributed by atoms with Gasteiger partial charge < -0.3 is 20.0 Å². The summed E-state index contributed by atoms with van der Waals surface area (Å²) in [5.74, 6) is 0.851. The van der Waals surface area contributed by atoms with Crippen molar-refractivity contribution in [2.24, 2.45) is 0 Å². The highest BCUT2D eigenvalue weighted by Gasteiger charge is 2.24. The number of oxazole rings is 1. The predicted octanol–water partition coefficient (Wildman–Crippen LogP) is 2.11. The van der Waals surface area contributed by atoms with Gasteiger partial charge in [0.1, 0.15) is 15.9 Å². The van der Waals surface area contributed by atoms with Gasteiger partial charge in [0.05, 0.1) is 11.8 Å². The third-order valence-electron chi connectivity index (χ3n) is 4.02. The minimum Gasteiger partial charge on any atom is -0.423 e. The molecule has 8 heteroatoms. The lowest BCUT2D eigenvalue weighted by atomic mass is 10.1. The number of nitrogens with one attached hydrogen (secondary N) is 1. The molecule has 1 amide bonds. The van der Waals surface area contributed by atoms with Crippen LogP contribution in [0.2, 0.25) is 0 Å². The second-order valence-corrected chi connectivity index (χ2v) is 6.34. The van der Waals surface area contributed by atoms with Crippen molar-refractivity contribution in [3.05, 3.63) is 40.4 Å². The molecule has 4 rings (SSSR count). The van der Waals surface area contributed by atoms with Crippen molar-refractivity contribution in [1.82, 2.24) is 19.9 Å². The molecule has 0 aliphatic carbocycles. The number of amides is 1. The quantitative estimate of drug-likeness (QED) is 0.714. The number of fused-ring (bicyclic) bond motifs is 2. The number of nitrogen functional groups attached to an aromatic ring is 1. The summed E-state index contributed by atoms with van der Waals surface area (Å²) in [4.78, 5) is 21.0. The van der Waals surface area contributed by atoms with E-state index >= 15 is 0 Å². The Bertz CT molecular complexity index is 901. The number of aromatic nitrogens is 3. The van der Waals surface area contributed by atoms with Gasteiger partial charge in [-0.1, -0.05) is 6.07 Å². The summed E-state index contributed by atoms with van der Waals surface area (Å²) in [5, 5.41) is 3.06. The van der Waals surface area contributed by atoms with Crippen LogP contribution in [0.1, 0.15) is 22.6 Å². The highest BCUT2D eigenvalue weighted by atomic mass is 79.9. The van der Waals surface area contributed by atoms with E-state index in [4.69, 9.17) is 10.2 Å². The van der Waals surface area contributed by atoms with E-state index in [1.165, 1.54) is 0 Å². The van der Waals surface area contributed by atoms with Crippen LogP contribution in [-0.4, -0.2) is 26.5 Å². The standard InChI is InChI=1S/C15H14BrN5O2/c16-11-6-18-12-5-4-8(7-21(11)12)19-14(22)9-2-1-3-10-13(9)23-15(17)20-10/h1-3,6,8H,4-5,7H2,(H2,17,20)(H,19,22). The van der Waals surface area contributed by atoms with Gasteiger partial charge in [0.25, 0.3) is 11.9 Å².